The lowest BCUT2D eigenvalue weighted by Gasteiger charge is -2.25. The van der Waals surface area contributed by atoms with Crippen LogP contribution < -0.4 is 4.74 Å². The molecule has 186 valence electrons. The highest BCUT2D eigenvalue weighted by Gasteiger charge is 2.46. The van der Waals surface area contributed by atoms with Crippen molar-refractivity contribution in [1.29, 1.82) is 0 Å². The summed E-state index contributed by atoms with van der Waals surface area (Å²) in [6.45, 7) is 8.95. The summed E-state index contributed by atoms with van der Waals surface area (Å²) in [5.74, 6) is -0.454. The molecule has 0 aliphatic carbocycles. The third kappa shape index (κ3) is 5.03. The highest BCUT2D eigenvalue weighted by Crippen LogP contribution is 2.41. The lowest BCUT2D eigenvalue weighted by Crippen LogP contribution is -2.29. The van der Waals surface area contributed by atoms with Gasteiger partial charge in [-0.05, 0) is 65.8 Å². The van der Waals surface area contributed by atoms with Crippen LogP contribution in [0.25, 0.3) is 5.76 Å². The molecule has 0 radical (unpaired) electrons. The fourth-order valence-electron chi connectivity index (χ4n) is 4.47. The van der Waals surface area contributed by atoms with Gasteiger partial charge in [-0.3, -0.25) is 14.6 Å². The maximum absolute atomic E-state index is 13.3. The number of likely N-dealkylation sites (tertiary alicyclic amines) is 1. The van der Waals surface area contributed by atoms with Gasteiger partial charge < -0.3 is 14.7 Å². The molecule has 3 aromatic rings. The molecule has 36 heavy (non-hydrogen) atoms. The number of hydrogen-bond donors (Lipinski definition) is 1. The van der Waals surface area contributed by atoms with Crippen molar-refractivity contribution in [3.05, 3.63) is 100 Å². The van der Waals surface area contributed by atoms with Crippen LogP contribution in [0.4, 0.5) is 0 Å². The zero-order valence-corrected chi connectivity index (χ0v) is 21.2. The molecule has 1 aliphatic heterocycles. The van der Waals surface area contributed by atoms with Gasteiger partial charge in [0.05, 0.1) is 18.2 Å². The van der Waals surface area contributed by atoms with Crippen molar-refractivity contribution in [2.24, 2.45) is 0 Å². The number of Topliss-reactive ketones (excluding diaryl/α,β-unsaturated/α-hetero) is 1. The predicted octanol–water partition coefficient (Wildman–Crippen LogP) is 5.92. The number of pyridine rings is 1. The fourth-order valence-corrected chi connectivity index (χ4v) is 4.47. The monoisotopic (exact) mass is 484 g/mol. The highest BCUT2D eigenvalue weighted by atomic mass is 16.5. The van der Waals surface area contributed by atoms with Gasteiger partial charge in [0.2, 0.25) is 0 Å². The van der Waals surface area contributed by atoms with Gasteiger partial charge in [-0.15, -0.1) is 0 Å². The predicted molar refractivity (Wildman–Crippen MR) is 140 cm³/mol. The molecule has 6 heteroatoms. The number of benzene rings is 2. The number of aryl methyl sites for hydroxylation is 1. The van der Waals surface area contributed by atoms with E-state index in [0.717, 1.165) is 34.4 Å². The van der Waals surface area contributed by atoms with Gasteiger partial charge in [-0.1, -0.05) is 51.1 Å². The first-order valence-electron chi connectivity index (χ1n) is 12.3. The van der Waals surface area contributed by atoms with Gasteiger partial charge in [0.25, 0.3) is 11.7 Å². The minimum absolute atomic E-state index is 0.0859. The number of rotatable bonds is 8. The Morgan fingerprint density at radius 3 is 2.47 bits per heavy atom. The Labute approximate surface area is 212 Å². The molecule has 1 fully saturated rings. The van der Waals surface area contributed by atoms with Crippen molar-refractivity contribution in [1.82, 2.24) is 9.88 Å². The van der Waals surface area contributed by atoms with E-state index >= 15 is 0 Å². The van der Waals surface area contributed by atoms with Crippen LogP contribution in [-0.4, -0.2) is 33.3 Å². The van der Waals surface area contributed by atoms with Crippen LogP contribution in [0.15, 0.2) is 72.6 Å². The first-order valence-corrected chi connectivity index (χ1v) is 12.3. The van der Waals surface area contributed by atoms with Gasteiger partial charge in [-0.25, -0.2) is 0 Å². The number of carbonyl (C=O) groups is 2. The molecule has 1 N–H and O–H groups in total. The van der Waals surface area contributed by atoms with Gasteiger partial charge in [0.15, 0.2) is 0 Å². The molecule has 4 rings (SSSR count). The van der Waals surface area contributed by atoms with E-state index < -0.39 is 17.7 Å². The number of carbonyl (C=O) groups excluding carboxylic acids is 2. The Hall–Kier alpha value is -3.93. The summed E-state index contributed by atoms with van der Waals surface area (Å²) >= 11 is 0. The topological polar surface area (TPSA) is 79.7 Å². The molecule has 1 saturated heterocycles. The second-order valence-electron chi connectivity index (χ2n) is 9.44. The number of amides is 1. The van der Waals surface area contributed by atoms with Crippen LogP contribution in [0.3, 0.4) is 0 Å². The quantitative estimate of drug-likeness (QED) is 0.244. The van der Waals surface area contributed by atoms with Crippen LogP contribution in [0.2, 0.25) is 0 Å². The molecular formula is C30H32N2O4. The van der Waals surface area contributed by atoms with Crippen LogP contribution in [0, 0.1) is 6.92 Å². The minimum atomic E-state index is -0.720. The first-order chi connectivity index (χ1) is 17.3. The van der Waals surface area contributed by atoms with E-state index in [-0.39, 0.29) is 17.9 Å². The van der Waals surface area contributed by atoms with E-state index in [9.17, 15) is 14.7 Å². The largest absolute Gasteiger partial charge is 0.507 e. The van der Waals surface area contributed by atoms with E-state index in [0.29, 0.717) is 18.1 Å². The van der Waals surface area contributed by atoms with Gasteiger partial charge in [0.1, 0.15) is 11.5 Å². The molecule has 0 spiro atoms. The second-order valence-corrected chi connectivity index (χ2v) is 9.44. The molecule has 0 saturated carbocycles. The maximum atomic E-state index is 13.3. The Bertz CT molecular complexity index is 1280. The van der Waals surface area contributed by atoms with Gasteiger partial charge in [0, 0.05) is 24.5 Å². The van der Waals surface area contributed by atoms with Gasteiger partial charge in [-0.2, -0.15) is 0 Å². The first kappa shape index (κ1) is 25.2. The molecular weight excluding hydrogens is 452 g/mol. The maximum Gasteiger partial charge on any atom is 0.295 e. The molecule has 0 bridgehead atoms. The summed E-state index contributed by atoms with van der Waals surface area (Å²) in [7, 11) is 0. The molecule has 6 nitrogen and oxygen atoms in total. The molecule has 1 atom stereocenters. The molecule has 2 heterocycles. The number of nitrogens with zero attached hydrogens (tertiary/aromatic N) is 2. The van der Waals surface area contributed by atoms with E-state index in [1.165, 1.54) is 4.90 Å². The number of ether oxygens (including phenoxy) is 1. The summed E-state index contributed by atoms with van der Waals surface area (Å²) in [6.07, 6.45) is 4.23. The zero-order valence-electron chi connectivity index (χ0n) is 21.2. The van der Waals surface area contributed by atoms with E-state index in [1.807, 2.05) is 44.2 Å². The third-order valence-electron chi connectivity index (χ3n) is 6.44. The van der Waals surface area contributed by atoms with Crippen LogP contribution in [-0.2, 0) is 16.1 Å². The van der Waals surface area contributed by atoms with Crippen LogP contribution >= 0.6 is 0 Å². The number of aromatic nitrogens is 1. The van der Waals surface area contributed by atoms with E-state index in [4.69, 9.17) is 4.74 Å². The highest BCUT2D eigenvalue weighted by molar-refractivity contribution is 6.46. The molecule has 1 amide bonds. The lowest BCUT2D eigenvalue weighted by molar-refractivity contribution is -0.140. The average Bonchev–Trinajstić information content (AvgIpc) is 3.13. The van der Waals surface area contributed by atoms with Crippen molar-refractivity contribution >= 4 is 17.4 Å². The number of aliphatic hydroxyl groups excluding tert-OH is 1. The van der Waals surface area contributed by atoms with Crippen molar-refractivity contribution in [3.8, 4) is 5.75 Å². The zero-order chi connectivity index (χ0) is 25.8. The molecule has 0 unspecified atom stereocenters. The van der Waals surface area contributed by atoms with Crippen molar-refractivity contribution in [2.45, 2.75) is 52.6 Å². The molecule has 2 aromatic carbocycles. The minimum Gasteiger partial charge on any atom is -0.507 e. The van der Waals surface area contributed by atoms with Crippen molar-refractivity contribution < 1.29 is 19.4 Å². The smallest absolute Gasteiger partial charge is 0.295 e. The van der Waals surface area contributed by atoms with E-state index in [1.54, 1.807) is 36.7 Å². The summed E-state index contributed by atoms with van der Waals surface area (Å²) in [6, 6.07) is 16.1. The average molecular weight is 485 g/mol. The number of ketones is 1. The van der Waals surface area contributed by atoms with E-state index in [2.05, 4.69) is 18.8 Å². The normalized spacial score (nSPS) is 17.1. The summed E-state index contributed by atoms with van der Waals surface area (Å²) in [5, 5.41) is 11.4. The Morgan fingerprint density at radius 1 is 1.11 bits per heavy atom. The number of hydrogen-bond acceptors (Lipinski definition) is 5. The molecule has 1 aromatic heterocycles. The summed E-state index contributed by atoms with van der Waals surface area (Å²) in [4.78, 5) is 32.2. The SMILES string of the molecule is CCCOc1ccc(C(O)=C2C(=O)C(=O)N(Cc3cccnc3)[C@H]2c2ccc(C(C)C)cc2)cc1C. The van der Waals surface area contributed by atoms with Crippen molar-refractivity contribution in [3.63, 3.8) is 0 Å². The number of aliphatic hydroxyl groups is 1. The second kappa shape index (κ2) is 10.8. The third-order valence-corrected chi connectivity index (χ3v) is 6.44. The Morgan fingerprint density at radius 2 is 1.86 bits per heavy atom. The standard InChI is InChI=1S/C30H32N2O4/c1-5-15-36-25-13-12-24(16-20(25)4)28(33)26-27(23-10-8-22(9-11-23)19(2)3)32(30(35)29(26)34)18-21-7-6-14-31-17-21/h6-14,16-17,19,27,33H,5,15,18H2,1-4H3/t27-/m0/s1. The van der Waals surface area contributed by atoms with Crippen LogP contribution in [0.1, 0.15) is 67.0 Å². The molecule has 1 aliphatic rings. The summed E-state index contributed by atoms with van der Waals surface area (Å²) < 4.78 is 5.76. The lowest BCUT2D eigenvalue weighted by atomic mass is 9.93. The Kier molecular flexibility index (Phi) is 7.53. The fraction of sp³-hybridized carbons (Fsp3) is 0.300. The Balaban J connectivity index is 1.81. The van der Waals surface area contributed by atoms with Crippen LogP contribution in [0.5, 0.6) is 5.75 Å². The van der Waals surface area contributed by atoms with Crippen molar-refractivity contribution in [2.75, 3.05) is 6.61 Å². The summed E-state index contributed by atoms with van der Waals surface area (Å²) in [5.41, 5.74) is 4.12. The van der Waals surface area contributed by atoms with Gasteiger partial charge >= 0.3 is 0 Å².